The molecule has 65 heavy (non-hydrogen) atoms. The van der Waals surface area contributed by atoms with Crippen molar-refractivity contribution < 1.29 is 28.6 Å². The molecule has 6 nitrogen and oxygen atoms in total. The van der Waals surface area contributed by atoms with Crippen molar-refractivity contribution >= 4 is 17.9 Å². The molecule has 0 N–H and O–H groups in total. The lowest BCUT2D eigenvalue weighted by atomic mass is 10.1. The smallest absolute Gasteiger partial charge is 0.306 e. The molecule has 6 heteroatoms. The molecule has 0 aliphatic heterocycles. The number of esters is 3. The number of unbranched alkanes of at least 4 members (excludes halogenated alkanes) is 23. The minimum absolute atomic E-state index is 0.0879. The molecule has 0 bridgehead atoms. The maximum atomic E-state index is 12.8. The van der Waals surface area contributed by atoms with Crippen molar-refractivity contribution in [3.63, 3.8) is 0 Å². The standard InChI is InChI=1S/C59H100O6/c1-4-7-10-13-16-19-22-24-25-26-27-28-29-30-31-32-33-35-37-40-43-46-49-52-58(61)64-55-56(54-63-57(60)51-48-45-42-39-36-21-18-15-12-9-6-3)65-59(62)53-50-47-44-41-38-34-23-20-17-14-11-8-5-2/h7,10,15-16,18-20,23-25,27-28,30-31,56H,4-6,8-9,11-14,17,21-22,26,29,32-55H2,1-3H3/b10-7-,18-15-,19-16-,23-20-,25-24-,28-27-,31-30-. The third-order valence-corrected chi connectivity index (χ3v) is 11.4. The summed E-state index contributed by atoms with van der Waals surface area (Å²) in [6.07, 6.45) is 68.5. The van der Waals surface area contributed by atoms with Crippen LogP contribution in [0.3, 0.4) is 0 Å². The zero-order valence-electron chi connectivity index (χ0n) is 42.5. The van der Waals surface area contributed by atoms with E-state index in [4.69, 9.17) is 14.2 Å². The van der Waals surface area contributed by atoms with E-state index in [0.29, 0.717) is 19.3 Å². The Morgan fingerprint density at radius 3 is 1.00 bits per heavy atom. The summed E-state index contributed by atoms with van der Waals surface area (Å²) in [4.78, 5) is 38.0. The van der Waals surface area contributed by atoms with E-state index in [0.717, 1.165) is 116 Å². The van der Waals surface area contributed by atoms with E-state index < -0.39 is 6.10 Å². The summed E-state index contributed by atoms with van der Waals surface area (Å²) < 4.78 is 16.8. The first kappa shape index (κ1) is 61.6. The molecule has 0 saturated heterocycles. The number of rotatable bonds is 48. The molecule has 0 saturated carbocycles. The van der Waals surface area contributed by atoms with Crippen LogP contribution in [-0.4, -0.2) is 37.2 Å². The van der Waals surface area contributed by atoms with Gasteiger partial charge in [-0.1, -0.05) is 209 Å². The number of carbonyl (C=O) groups is 3. The van der Waals surface area contributed by atoms with Crippen LogP contribution in [-0.2, 0) is 28.6 Å². The second kappa shape index (κ2) is 53.2. The van der Waals surface area contributed by atoms with Gasteiger partial charge in [0.05, 0.1) is 0 Å². The maximum Gasteiger partial charge on any atom is 0.306 e. The Kier molecular flexibility index (Phi) is 50.4. The van der Waals surface area contributed by atoms with E-state index in [9.17, 15) is 14.4 Å². The molecule has 0 aliphatic carbocycles. The lowest BCUT2D eigenvalue weighted by Crippen LogP contribution is -2.30. The molecule has 1 atom stereocenters. The molecule has 0 aromatic carbocycles. The number of ether oxygens (including phenoxy) is 3. The predicted molar refractivity (Wildman–Crippen MR) is 279 cm³/mol. The zero-order chi connectivity index (χ0) is 47.2. The third kappa shape index (κ3) is 51.4. The molecule has 0 fully saturated rings. The Balaban J connectivity index is 4.34. The van der Waals surface area contributed by atoms with Crippen molar-refractivity contribution in [2.24, 2.45) is 0 Å². The molecule has 0 heterocycles. The van der Waals surface area contributed by atoms with Crippen LogP contribution in [0, 0.1) is 0 Å². The summed E-state index contributed by atoms with van der Waals surface area (Å²) >= 11 is 0. The normalized spacial score (nSPS) is 12.7. The Morgan fingerprint density at radius 2 is 0.615 bits per heavy atom. The van der Waals surface area contributed by atoms with Crippen LogP contribution in [0.4, 0.5) is 0 Å². The van der Waals surface area contributed by atoms with E-state index in [2.05, 4.69) is 106 Å². The van der Waals surface area contributed by atoms with Crippen LogP contribution in [0.1, 0.15) is 252 Å². The Labute approximate surface area is 401 Å². The van der Waals surface area contributed by atoms with Gasteiger partial charge in [-0.3, -0.25) is 14.4 Å². The quantitative estimate of drug-likeness (QED) is 0.0262. The van der Waals surface area contributed by atoms with Gasteiger partial charge in [-0.2, -0.15) is 0 Å². The van der Waals surface area contributed by atoms with Crippen molar-refractivity contribution in [3.05, 3.63) is 85.1 Å². The lowest BCUT2D eigenvalue weighted by molar-refractivity contribution is -0.167. The van der Waals surface area contributed by atoms with Gasteiger partial charge in [-0.15, -0.1) is 0 Å². The Bertz CT molecular complexity index is 1270. The van der Waals surface area contributed by atoms with Gasteiger partial charge in [0.2, 0.25) is 0 Å². The van der Waals surface area contributed by atoms with E-state index in [-0.39, 0.29) is 31.1 Å². The van der Waals surface area contributed by atoms with Gasteiger partial charge in [0.1, 0.15) is 13.2 Å². The number of hydrogen-bond acceptors (Lipinski definition) is 6. The molecule has 372 valence electrons. The summed E-state index contributed by atoms with van der Waals surface area (Å²) in [7, 11) is 0. The van der Waals surface area contributed by atoms with E-state index >= 15 is 0 Å². The highest BCUT2D eigenvalue weighted by molar-refractivity contribution is 5.71. The van der Waals surface area contributed by atoms with Crippen molar-refractivity contribution in [3.8, 4) is 0 Å². The maximum absolute atomic E-state index is 12.8. The van der Waals surface area contributed by atoms with Crippen molar-refractivity contribution in [1.82, 2.24) is 0 Å². The predicted octanol–water partition coefficient (Wildman–Crippen LogP) is 18.0. The second-order valence-electron chi connectivity index (χ2n) is 17.7. The van der Waals surface area contributed by atoms with Gasteiger partial charge in [0, 0.05) is 19.3 Å². The highest BCUT2D eigenvalue weighted by Gasteiger charge is 2.19. The number of hydrogen-bond donors (Lipinski definition) is 0. The fraction of sp³-hybridized carbons (Fsp3) is 0.712. The van der Waals surface area contributed by atoms with Gasteiger partial charge >= 0.3 is 17.9 Å². The summed E-state index contributed by atoms with van der Waals surface area (Å²) in [6.45, 7) is 6.45. The van der Waals surface area contributed by atoms with Crippen molar-refractivity contribution in [2.75, 3.05) is 13.2 Å². The van der Waals surface area contributed by atoms with Crippen LogP contribution in [0.15, 0.2) is 85.1 Å². The van der Waals surface area contributed by atoms with Gasteiger partial charge in [0.15, 0.2) is 6.10 Å². The van der Waals surface area contributed by atoms with E-state index in [1.165, 1.54) is 96.3 Å². The van der Waals surface area contributed by atoms with Crippen LogP contribution in [0.2, 0.25) is 0 Å². The van der Waals surface area contributed by atoms with Gasteiger partial charge in [0.25, 0.3) is 0 Å². The lowest BCUT2D eigenvalue weighted by Gasteiger charge is -2.18. The number of carbonyl (C=O) groups excluding carboxylic acids is 3. The zero-order valence-corrected chi connectivity index (χ0v) is 42.5. The van der Waals surface area contributed by atoms with E-state index in [1.54, 1.807) is 0 Å². The van der Waals surface area contributed by atoms with Gasteiger partial charge < -0.3 is 14.2 Å². The largest absolute Gasteiger partial charge is 0.462 e. The SMILES string of the molecule is CC/C=C\C/C=C\C/C=C\C/C=C\C/C=C\CCCCCCCCCC(=O)OCC(COC(=O)CCCCCCC/C=C\CCCC)OC(=O)CCCCCCC/C=C\CCCCCC. The highest BCUT2D eigenvalue weighted by Crippen LogP contribution is 2.14. The Morgan fingerprint density at radius 1 is 0.323 bits per heavy atom. The molecule has 0 aliphatic rings. The molecule has 0 radical (unpaired) electrons. The molecule has 1 unspecified atom stereocenters. The molecule has 0 aromatic heterocycles. The van der Waals surface area contributed by atoms with Crippen LogP contribution in [0.25, 0.3) is 0 Å². The molecular formula is C59H100O6. The van der Waals surface area contributed by atoms with E-state index in [1.807, 2.05) is 0 Å². The van der Waals surface area contributed by atoms with Crippen LogP contribution >= 0.6 is 0 Å². The molecule has 0 rings (SSSR count). The van der Waals surface area contributed by atoms with Crippen molar-refractivity contribution in [1.29, 1.82) is 0 Å². The van der Waals surface area contributed by atoms with Crippen LogP contribution in [0.5, 0.6) is 0 Å². The third-order valence-electron chi connectivity index (χ3n) is 11.4. The molecule has 0 amide bonds. The summed E-state index contributed by atoms with van der Waals surface area (Å²) in [5.74, 6) is -0.917. The minimum Gasteiger partial charge on any atom is -0.462 e. The first-order valence-electron chi connectivity index (χ1n) is 27.1. The highest BCUT2D eigenvalue weighted by atomic mass is 16.6. The minimum atomic E-state index is -0.788. The monoisotopic (exact) mass is 905 g/mol. The Hall–Kier alpha value is -3.41. The fourth-order valence-electron chi connectivity index (χ4n) is 7.27. The fourth-order valence-corrected chi connectivity index (χ4v) is 7.27. The van der Waals surface area contributed by atoms with Gasteiger partial charge in [-0.25, -0.2) is 0 Å². The average molecular weight is 905 g/mol. The molecule has 0 spiro atoms. The second-order valence-corrected chi connectivity index (χ2v) is 17.7. The number of allylic oxidation sites excluding steroid dienone is 14. The van der Waals surface area contributed by atoms with Crippen LogP contribution < -0.4 is 0 Å². The average Bonchev–Trinajstić information content (AvgIpc) is 3.30. The first-order chi connectivity index (χ1) is 32.0. The topological polar surface area (TPSA) is 78.9 Å². The summed E-state index contributed by atoms with van der Waals surface area (Å²) in [5.41, 5.74) is 0. The first-order valence-corrected chi connectivity index (χ1v) is 27.1. The van der Waals surface area contributed by atoms with Gasteiger partial charge in [-0.05, 0) is 109 Å². The van der Waals surface area contributed by atoms with Crippen molar-refractivity contribution in [2.45, 2.75) is 258 Å². The molecular weight excluding hydrogens is 805 g/mol. The molecule has 0 aromatic rings. The summed E-state index contributed by atoms with van der Waals surface area (Å²) in [6, 6.07) is 0. The summed E-state index contributed by atoms with van der Waals surface area (Å²) in [5, 5.41) is 0.